The van der Waals surface area contributed by atoms with Gasteiger partial charge >= 0.3 is 6.09 Å². The molecule has 0 unspecified atom stereocenters. The number of amides is 1. The Bertz CT molecular complexity index is 337. The molecule has 1 aromatic rings. The van der Waals surface area contributed by atoms with Crippen molar-refractivity contribution in [2.75, 3.05) is 20.2 Å². The topological polar surface area (TPSA) is 29.5 Å². The third-order valence-electron chi connectivity index (χ3n) is 2.40. The maximum absolute atomic E-state index is 11.3. The van der Waals surface area contributed by atoms with Gasteiger partial charge in [0.25, 0.3) is 0 Å². The summed E-state index contributed by atoms with van der Waals surface area (Å²) in [5.74, 6) is 0. The van der Waals surface area contributed by atoms with Crippen LogP contribution in [-0.2, 0) is 11.2 Å². The number of carbonyl (C=O) groups excluding carboxylic acids is 1. The molecule has 0 saturated carbocycles. The number of ether oxygens (including phenoxy) is 1. The molecule has 0 spiro atoms. The van der Waals surface area contributed by atoms with Crippen LogP contribution in [0.15, 0.2) is 28.7 Å². The summed E-state index contributed by atoms with van der Waals surface area (Å²) in [4.78, 5) is 13.0. The summed E-state index contributed by atoms with van der Waals surface area (Å²) >= 11 is 3.39. The Hall–Kier alpha value is -1.03. The molecule has 1 amide bonds. The zero-order valence-corrected chi connectivity index (χ0v) is 11.2. The van der Waals surface area contributed by atoms with Gasteiger partial charge in [0.2, 0.25) is 0 Å². The predicted octanol–water partition coefficient (Wildman–Crippen LogP) is 3.08. The molecule has 1 rings (SSSR count). The maximum Gasteiger partial charge on any atom is 0.409 e. The van der Waals surface area contributed by atoms with E-state index in [0.717, 1.165) is 10.9 Å². The van der Waals surface area contributed by atoms with Crippen LogP contribution >= 0.6 is 15.9 Å². The minimum Gasteiger partial charge on any atom is -0.453 e. The van der Waals surface area contributed by atoms with E-state index in [1.54, 1.807) is 4.90 Å². The lowest BCUT2D eigenvalue weighted by Gasteiger charge is -2.18. The van der Waals surface area contributed by atoms with E-state index >= 15 is 0 Å². The molecule has 0 aliphatic carbocycles. The van der Waals surface area contributed by atoms with Crippen LogP contribution in [0.2, 0.25) is 0 Å². The molecule has 0 atom stereocenters. The number of benzene rings is 1. The second kappa shape index (κ2) is 6.53. The molecule has 0 saturated heterocycles. The van der Waals surface area contributed by atoms with Crippen molar-refractivity contribution < 1.29 is 9.53 Å². The number of hydrogen-bond acceptors (Lipinski definition) is 2. The molecule has 0 bridgehead atoms. The average molecular weight is 286 g/mol. The molecule has 0 heterocycles. The Morgan fingerprint density at radius 3 is 2.50 bits per heavy atom. The van der Waals surface area contributed by atoms with E-state index < -0.39 is 0 Å². The van der Waals surface area contributed by atoms with Gasteiger partial charge in [0, 0.05) is 17.6 Å². The standard InChI is InChI=1S/C12H16BrNO2/c1-3-14(12(15)16-2)9-8-10-4-6-11(13)7-5-10/h4-7H,3,8-9H2,1-2H3. The Labute approximate surface area is 105 Å². The van der Waals surface area contributed by atoms with E-state index in [1.165, 1.54) is 12.7 Å². The SMILES string of the molecule is CCN(CCc1ccc(Br)cc1)C(=O)OC. The summed E-state index contributed by atoms with van der Waals surface area (Å²) in [7, 11) is 1.41. The second-order valence-electron chi connectivity index (χ2n) is 3.43. The van der Waals surface area contributed by atoms with Crippen molar-refractivity contribution in [3.8, 4) is 0 Å². The first-order chi connectivity index (χ1) is 7.67. The fourth-order valence-corrected chi connectivity index (χ4v) is 1.69. The largest absolute Gasteiger partial charge is 0.453 e. The molecule has 0 N–H and O–H groups in total. The van der Waals surface area contributed by atoms with Crippen LogP contribution in [0.5, 0.6) is 0 Å². The van der Waals surface area contributed by atoms with Crippen molar-refractivity contribution >= 4 is 22.0 Å². The van der Waals surface area contributed by atoms with Crippen molar-refractivity contribution in [2.24, 2.45) is 0 Å². The maximum atomic E-state index is 11.3. The summed E-state index contributed by atoms with van der Waals surface area (Å²) < 4.78 is 5.76. The van der Waals surface area contributed by atoms with Crippen molar-refractivity contribution in [3.05, 3.63) is 34.3 Å². The Kier molecular flexibility index (Phi) is 5.32. The molecular formula is C12H16BrNO2. The first kappa shape index (κ1) is 13.0. The fourth-order valence-electron chi connectivity index (χ4n) is 1.42. The molecule has 0 aromatic heterocycles. The first-order valence-electron chi connectivity index (χ1n) is 5.24. The lowest BCUT2D eigenvalue weighted by atomic mass is 10.1. The van der Waals surface area contributed by atoms with Gasteiger partial charge in [-0.2, -0.15) is 0 Å². The van der Waals surface area contributed by atoms with Gasteiger partial charge in [-0.05, 0) is 31.0 Å². The lowest BCUT2D eigenvalue weighted by Crippen LogP contribution is -2.32. The van der Waals surface area contributed by atoms with Crippen LogP contribution in [0.3, 0.4) is 0 Å². The highest BCUT2D eigenvalue weighted by molar-refractivity contribution is 9.10. The molecule has 88 valence electrons. The van der Waals surface area contributed by atoms with Gasteiger partial charge in [-0.15, -0.1) is 0 Å². The molecule has 0 radical (unpaired) electrons. The minimum absolute atomic E-state index is 0.264. The van der Waals surface area contributed by atoms with Crippen molar-refractivity contribution in [1.82, 2.24) is 4.90 Å². The smallest absolute Gasteiger partial charge is 0.409 e. The van der Waals surface area contributed by atoms with Crippen molar-refractivity contribution in [2.45, 2.75) is 13.3 Å². The minimum atomic E-state index is -0.264. The molecule has 4 heteroatoms. The van der Waals surface area contributed by atoms with Gasteiger partial charge in [-0.25, -0.2) is 4.79 Å². The van der Waals surface area contributed by atoms with Gasteiger partial charge in [0.1, 0.15) is 0 Å². The van der Waals surface area contributed by atoms with Gasteiger partial charge in [0.15, 0.2) is 0 Å². The summed E-state index contributed by atoms with van der Waals surface area (Å²) in [5.41, 5.74) is 1.21. The van der Waals surface area contributed by atoms with E-state index in [1.807, 2.05) is 19.1 Å². The van der Waals surface area contributed by atoms with E-state index in [4.69, 9.17) is 4.74 Å². The number of nitrogens with zero attached hydrogens (tertiary/aromatic N) is 1. The van der Waals surface area contributed by atoms with Crippen LogP contribution in [0.4, 0.5) is 4.79 Å². The highest BCUT2D eigenvalue weighted by atomic mass is 79.9. The molecule has 0 fully saturated rings. The van der Waals surface area contributed by atoms with E-state index in [2.05, 4.69) is 28.1 Å². The lowest BCUT2D eigenvalue weighted by molar-refractivity contribution is 0.126. The molecule has 3 nitrogen and oxygen atoms in total. The molecular weight excluding hydrogens is 270 g/mol. The number of halogens is 1. The molecule has 1 aromatic carbocycles. The third-order valence-corrected chi connectivity index (χ3v) is 2.93. The first-order valence-corrected chi connectivity index (χ1v) is 6.04. The van der Waals surface area contributed by atoms with Gasteiger partial charge < -0.3 is 9.64 Å². The summed E-state index contributed by atoms with van der Waals surface area (Å²) in [6, 6.07) is 8.11. The van der Waals surface area contributed by atoms with E-state index in [0.29, 0.717) is 13.1 Å². The average Bonchev–Trinajstić information content (AvgIpc) is 2.31. The van der Waals surface area contributed by atoms with Crippen LogP contribution in [0, 0.1) is 0 Å². The van der Waals surface area contributed by atoms with E-state index in [9.17, 15) is 4.79 Å². The van der Waals surface area contributed by atoms with Gasteiger partial charge in [0.05, 0.1) is 7.11 Å². The van der Waals surface area contributed by atoms with Crippen molar-refractivity contribution in [1.29, 1.82) is 0 Å². The van der Waals surface area contributed by atoms with E-state index in [-0.39, 0.29) is 6.09 Å². The highest BCUT2D eigenvalue weighted by Crippen LogP contribution is 2.11. The zero-order valence-electron chi connectivity index (χ0n) is 9.57. The summed E-state index contributed by atoms with van der Waals surface area (Å²) in [6.45, 7) is 3.30. The Morgan fingerprint density at radius 1 is 1.38 bits per heavy atom. The van der Waals surface area contributed by atoms with Crippen LogP contribution in [0.1, 0.15) is 12.5 Å². The van der Waals surface area contributed by atoms with Crippen LogP contribution < -0.4 is 0 Å². The predicted molar refractivity (Wildman–Crippen MR) is 67.5 cm³/mol. The summed E-state index contributed by atoms with van der Waals surface area (Å²) in [5, 5.41) is 0. The fraction of sp³-hybridized carbons (Fsp3) is 0.417. The number of methoxy groups -OCH3 is 1. The quantitative estimate of drug-likeness (QED) is 0.851. The Balaban J connectivity index is 2.49. The number of hydrogen-bond donors (Lipinski definition) is 0. The Morgan fingerprint density at radius 2 is 2.00 bits per heavy atom. The van der Waals surface area contributed by atoms with Crippen LogP contribution in [0.25, 0.3) is 0 Å². The van der Waals surface area contributed by atoms with Gasteiger partial charge in [-0.1, -0.05) is 28.1 Å². The number of rotatable bonds is 4. The molecule has 0 aliphatic heterocycles. The molecule has 0 aliphatic rings. The second-order valence-corrected chi connectivity index (χ2v) is 4.34. The highest BCUT2D eigenvalue weighted by Gasteiger charge is 2.10. The monoisotopic (exact) mass is 285 g/mol. The van der Waals surface area contributed by atoms with Crippen LogP contribution in [-0.4, -0.2) is 31.2 Å². The number of likely N-dealkylation sites (N-methyl/N-ethyl adjacent to an activating group) is 1. The molecule has 16 heavy (non-hydrogen) atoms. The number of carbonyl (C=O) groups is 1. The zero-order chi connectivity index (χ0) is 12.0. The summed E-state index contributed by atoms with van der Waals surface area (Å²) in [6.07, 6.45) is 0.579. The van der Waals surface area contributed by atoms with Crippen molar-refractivity contribution in [3.63, 3.8) is 0 Å². The normalized spacial score (nSPS) is 9.94. The third kappa shape index (κ3) is 3.85. The van der Waals surface area contributed by atoms with Gasteiger partial charge in [-0.3, -0.25) is 0 Å².